The molecule has 0 aromatic heterocycles. The van der Waals surface area contributed by atoms with Crippen LogP contribution in [0.5, 0.6) is 11.5 Å². The van der Waals surface area contributed by atoms with E-state index in [-0.39, 0.29) is 0 Å². The molecular formula is C19H18F6N2O7S2. The van der Waals surface area contributed by atoms with Gasteiger partial charge in [0.2, 0.25) is 20.0 Å². The minimum atomic E-state index is -5.06. The molecule has 0 unspecified atom stereocenters. The Morgan fingerprint density at radius 1 is 0.806 bits per heavy atom. The first kappa shape index (κ1) is 28.0. The maximum atomic E-state index is 12.8. The summed E-state index contributed by atoms with van der Waals surface area (Å²) in [5, 5.41) is 10.7. The minimum Gasteiger partial charge on any atom is -0.406 e. The maximum absolute atomic E-state index is 12.8. The SMILES string of the molecule is O=S(=O)(NC1(O)CCN(S(=O)(=O)c2cccc(OC(F)(F)F)c2)CC1)c1cccc(OC(F)(F)F)c1. The van der Waals surface area contributed by atoms with Crippen molar-refractivity contribution in [1.29, 1.82) is 0 Å². The highest BCUT2D eigenvalue weighted by Gasteiger charge is 2.40. The van der Waals surface area contributed by atoms with Crippen LogP contribution in [0.1, 0.15) is 12.8 Å². The van der Waals surface area contributed by atoms with Gasteiger partial charge in [0.05, 0.1) is 9.79 Å². The second-order valence-electron chi connectivity index (χ2n) is 7.59. The average molecular weight is 564 g/mol. The standard InChI is InChI=1S/C19H18F6N2O7S2/c20-18(21,22)33-13-3-1-5-15(11-13)35(29,30)26-17(28)7-9-27(10-8-17)36(31,32)16-6-2-4-14(12-16)34-19(23,24)25/h1-6,11-12,26,28H,7-10H2. The van der Waals surface area contributed by atoms with Gasteiger partial charge < -0.3 is 14.6 Å². The molecule has 1 saturated heterocycles. The van der Waals surface area contributed by atoms with Gasteiger partial charge in [-0.25, -0.2) is 16.8 Å². The third kappa shape index (κ3) is 7.22. The van der Waals surface area contributed by atoms with Gasteiger partial charge in [-0.1, -0.05) is 12.1 Å². The lowest BCUT2D eigenvalue weighted by Gasteiger charge is -2.37. The normalized spacial score (nSPS) is 17.5. The molecule has 0 amide bonds. The van der Waals surface area contributed by atoms with E-state index in [1.165, 1.54) is 0 Å². The molecule has 3 rings (SSSR count). The number of piperidine rings is 1. The number of sulfonamides is 2. The summed E-state index contributed by atoms with van der Waals surface area (Å²) in [6, 6.07) is 7.08. The Bertz CT molecular complexity index is 1310. The van der Waals surface area contributed by atoms with Crippen molar-refractivity contribution in [2.24, 2.45) is 0 Å². The van der Waals surface area contributed by atoms with Crippen molar-refractivity contribution >= 4 is 20.0 Å². The molecule has 0 radical (unpaired) electrons. The van der Waals surface area contributed by atoms with Crippen molar-refractivity contribution in [2.45, 2.75) is 41.1 Å². The number of benzene rings is 2. The minimum absolute atomic E-state index is 0.428. The number of ether oxygens (including phenoxy) is 2. The van der Waals surface area contributed by atoms with Crippen LogP contribution >= 0.6 is 0 Å². The van der Waals surface area contributed by atoms with Gasteiger partial charge in [-0.05, 0) is 24.3 Å². The van der Waals surface area contributed by atoms with E-state index in [2.05, 4.69) is 9.47 Å². The number of hydrogen-bond acceptors (Lipinski definition) is 7. The summed E-state index contributed by atoms with van der Waals surface area (Å²) in [5.74, 6) is -1.57. The summed E-state index contributed by atoms with van der Waals surface area (Å²) in [6.07, 6.45) is -11.0. The summed E-state index contributed by atoms with van der Waals surface area (Å²) in [7, 11) is -8.90. The molecule has 0 bridgehead atoms. The Kier molecular flexibility index (Phi) is 7.54. The van der Waals surface area contributed by atoms with Gasteiger partial charge in [-0.15, -0.1) is 26.3 Å². The smallest absolute Gasteiger partial charge is 0.406 e. The molecule has 0 aliphatic carbocycles. The number of nitrogens with zero attached hydrogens (tertiary/aromatic N) is 1. The third-order valence-electron chi connectivity index (χ3n) is 4.90. The van der Waals surface area contributed by atoms with E-state index in [0.717, 1.165) is 40.7 Å². The van der Waals surface area contributed by atoms with Crippen LogP contribution in [-0.4, -0.2) is 57.8 Å². The lowest BCUT2D eigenvalue weighted by atomic mass is 10.0. The molecule has 9 nitrogen and oxygen atoms in total. The predicted octanol–water partition coefficient (Wildman–Crippen LogP) is 2.94. The summed E-state index contributed by atoms with van der Waals surface area (Å²) in [5.41, 5.74) is -2.16. The highest BCUT2D eigenvalue weighted by atomic mass is 32.2. The van der Waals surface area contributed by atoms with E-state index in [4.69, 9.17) is 0 Å². The first-order chi connectivity index (χ1) is 16.4. The van der Waals surface area contributed by atoms with Crippen LogP contribution in [0, 0.1) is 0 Å². The Labute approximate surface area is 201 Å². The van der Waals surface area contributed by atoms with Crippen molar-refractivity contribution < 1.29 is 57.8 Å². The Hall–Kier alpha value is -2.60. The van der Waals surface area contributed by atoms with Crippen LogP contribution in [0.2, 0.25) is 0 Å². The highest BCUT2D eigenvalue weighted by Crippen LogP contribution is 2.31. The van der Waals surface area contributed by atoms with Crippen molar-refractivity contribution in [3.05, 3.63) is 48.5 Å². The predicted molar refractivity (Wildman–Crippen MR) is 110 cm³/mol. The summed E-state index contributed by atoms with van der Waals surface area (Å²) < 4.78 is 136. The summed E-state index contributed by atoms with van der Waals surface area (Å²) >= 11 is 0. The zero-order valence-electron chi connectivity index (χ0n) is 17.9. The molecule has 1 heterocycles. The van der Waals surface area contributed by atoms with E-state index in [1.54, 1.807) is 0 Å². The molecule has 36 heavy (non-hydrogen) atoms. The fourth-order valence-electron chi connectivity index (χ4n) is 3.33. The monoisotopic (exact) mass is 564 g/mol. The Morgan fingerprint density at radius 3 is 1.72 bits per heavy atom. The molecular weight excluding hydrogens is 546 g/mol. The number of rotatable bonds is 7. The number of nitrogens with one attached hydrogen (secondary N) is 1. The van der Waals surface area contributed by atoms with E-state index in [1.807, 2.05) is 4.72 Å². The van der Waals surface area contributed by atoms with Gasteiger partial charge in [0.1, 0.15) is 17.2 Å². The van der Waals surface area contributed by atoms with E-state index in [0.29, 0.717) is 12.1 Å². The number of aliphatic hydroxyl groups is 1. The summed E-state index contributed by atoms with van der Waals surface area (Å²) in [4.78, 5) is -1.16. The van der Waals surface area contributed by atoms with E-state index >= 15 is 0 Å². The van der Waals surface area contributed by atoms with Crippen molar-refractivity contribution in [1.82, 2.24) is 9.03 Å². The maximum Gasteiger partial charge on any atom is 0.573 e. The lowest BCUT2D eigenvalue weighted by molar-refractivity contribution is -0.275. The molecule has 1 fully saturated rings. The molecule has 2 aromatic rings. The second-order valence-corrected chi connectivity index (χ2v) is 11.2. The lowest BCUT2D eigenvalue weighted by Crippen LogP contribution is -2.55. The van der Waals surface area contributed by atoms with Gasteiger partial charge in [0.25, 0.3) is 0 Å². The first-order valence-corrected chi connectivity index (χ1v) is 12.8. The first-order valence-electron chi connectivity index (χ1n) is 9.87. The van der Waals surface area contributed by atoms with Crippen LogP contribution < -0.4 is 14.2 Å². The molecule has 2 aromatic carbocycles. The van der Waals surface area contributed by atoms with Crippen LogP contribution in [0.15, 0.2) is 58.3 Å². The Balaban J connectivity index is 1.71. The van der Waals surface area contributed by atoms with E-state index in [9.17, 15) is 48.3 Å². The van der Waals surface area contributed by atoms with Gasteiger partial charge in [-0.3, -0.25) is 0 Å². The van der Waals surface area contributed by atoms with Crippen LogP contribution in [-0.2, 0) is 20.0 Å². The summed E-state index contributed by atoms with van der Waals surface area (Å²) in [6.45, 7) is -0.855. The van der Waals surface area contributed by atoms with Crippen LogP contribution in [0.25, 0.3) is 0 Å². The molecule has 1 aliphatic rings. The fraction of sp³-hybridized carbons (Fsp3) is 0.368. The molecule has 0 spiro atoms. The molecule has 17 heteroatoms. The van der Waals surface area contributed by atoms with Crippen molar-refractivity contribution in [3.8, 4) is 11.5 Å². The van der Waals surface area contributed by atoms with Crippen molar-refractivity contribution in [3.63, 3.8) is 0 Å². The molecule has 2 N–H and O–H groups in total. The number of hydrogen-bond donors (Lipinski definition) is 2. The van der Waals surface area contributed by atoms with Crippen LogP contribution in [0.4, 0.5) is 26.3 Å². The van der Waals surface area contributed by atoms with Crippen LogP contribution in [0.3, 0.4) is 0 Å². The second kappa shape index (κ2) is 9.70. The zero-order chi connectivity index (χ0) is 27.0. The van der Waals surface area contributed by atoms with Gasteiger partial charge in [0, 0.05) is 38.1 Å². The average Bonchev–Trinajstić information content (AvgIpc) is 2.71. The fourth-order valence-corrected chi connectivity index (χ4v) is 6.16. The quantitative estimate of drug-likeness (QED) is 0.392. The molecule has 0 saturated carbocycles. The number of halogens is 6. The Morgan fingerprint density at radius 2 is 1.25 bits per heavy atom. The van der Waals surface area contributed by atoms with Gasteiger partial charge in [0.15, 0.2) is 0 Å². The number of alkyl halides is 6. The molecule has 0 atom stereocenters. The van der Waals surface area contributed by atoms with E-state index < -0.39 is 85.7 Å². The molecule has 1 aliphatic heterocycles. The van der Waals surface area contributed by atoms with Gasteiger partial charge >= 0.3 is 12.7 Å². The topological polar surface area (TPSA) is 122 Å². The van der Waals surface area contributed by atoms with Crippen molar-refractivity contribution in [2.75, 3.05) is 13.1 Å². The zero-order valence-corrected chi connectivity index (χ0v) is 19.5. The highest BCUT2D eigenvalue weighted by molar-refractivity contribution is 7.89. The third-order valence-corrected chi connectivity index (χ3v) is 8.32. The molecule has 200 valence electrons. The largest absolute Gasteiger partial charge is 0.573 e. The van der Waals surface area contributed by atoms with Gasteiger partial charge in [-0.2, -0.15) is 9.03 Å².